The van der Waals surface area contributed by atoms with Crippen molar-refractivity contribution < 1.29 is 8.78 Å². The highest BCUT2D eigenvalue weighted by molar-refractivity contribution is 5.21. The first-order chi connectivity index (χ1) is 8.94. The highest BCUT2D eigenvalue weighted by Gasteiger charge is 2.22. The van der Waals surface area contributed by atoms with Crippen molar-refractivity contribution in [2.75, 3.05) is 7.05 Å². The number of aromatic nitrogens is 2. The lowest BCUT2D eigenvalue weighted by Gasteiger charge is -2.25. The van der Waals surface area contributed by atoms with E-state index in [9.17, 15) is 8.78 Å². The number of hydrogen-bond acceptors (Lipinski definition) is 2. The molecule has 2 aromatic rings. The van der Waals surface area contributed by atoms with Gasteiger partial charge in [-0.2, -0.15) is 0 Å². The molecule has 0 amide bonds. The molecule has 1 aromatic heterocycles. The number of imidazole rings is 1. The summed E-state index contributed by atoms with van der Waals surface area (Å²) in [5.41, 5.74) is 0.935. The number of hydrogen-bond donors (Lipinski definition) is 1. The van der Waals surface area contributed by atoms with Gasteiger partial charge >= 0.3 is 0 Å². The molecule has 0 spiro atoms. The zero-order valence-electron chi connectivity index (χ0n) is 11.2. The Bertz CT molecular complexity index is 576. The Morgan fingerprint density at radius 1 is 1.32 bits per heavy atom. The molecule has 2 rings (SSSR count). The van der Waals surface area contributed by atoms with Crippen LogP contribution in [-0.2, 0) is 12.1 Å². The molecule has 0 atom stereocenters. The second kappa shape index (κ2) is 5.09. The maximum atomic E-state index is 13.7. The molecule has 102 valence electrons. The topological polar surface area (TPSA) is 29.9 Å². The van der Waals surface area contributed by atoms with Gasteiger partial charge in [-0.1, -0.05) is 0 Å². The maximum Gasteiger partial charge on any atom is 0.128 e. The Morgan fingerprint density at radius 2 is 2.05 bits per heavy atom. The third-order valence-electron chi connectivity index (χ3n) is 3.33. The summed E-state index contributed by atoms with van der Waals surface area (Å²) in [6.45, 7) is 4.26. The van der Waals surface area contributed by atoms with Crippen LogP contribution in [-0.4, -0.2) is 16.6 Å². The van der Waals surface area contributed by atoms with Gasteiger partial charge in [0.05, 0.1) is 30.3 Å². The maximum absolute atomic E-state index is 13.7. The minimum absolute atomic E-state index is 0.254. The Labute approximate surface area is 111 Å². The smallest absolute Gasteiger partial charge is 0.128 e. The quantitative estimate of drug-likeness (QED) is 0.921. The Balaban J connectivity index is 2.35. The van der Waals surface area contributed by atoms with Crippen LogP contribution in [0.3, 0.4) is 0 Å². The first kappa shape index (κ1) is 13.7. The normalized spacial score (nSPS) is 11.8. The van der Waals surface area contributed by atoms with Crippen LogP contribution in [0.4, 0.5) is 8.78 Å². The molecular weight excluding hydrogens is 248 g/mol. The van der Waals surface area contributed by atoms with Crippen LogP contribution in [0.15, 0.2) is 30.7 Å². The van der Waals surface area contributed by atoms with Gasteiger partial charge in [-0.15, -0.1) is 0 Å². The molecular formula is C14H17F2N3. The first-order valence-electron chi connectivity index (χ1n) is 6.07. The van der Waals surface area contributed by atoms with Crippen molar-refractivity contribution in [1.82, 2.24) is 14.9 Å². The zero-order valence-corrected chi connectivity index (χ0v) is 11.2. The number of benzene rings is 1. The van der Waals surface area contributed by atoms with Crippen LogP contribution < -0.4 is 5.32 Å². The summed E-state index contributed by atoms with van der Waals surface area (Å²) in [6.07, 6.45) is 3.35. The zero-order chi connectivity index (χ0) is 14.0. The lowest BCUT2D eigenvalue weighted by Crippen LogP contribution is -2.35. The molecule has 0 bridgehead atoms. The highest BCUT2D eigenvalue weighted by Crippen LogP contribution is 2.21. The van der Waals surface area contributed by atoms with Crippen LogP contribution in [0, 0.1) is 11.6 Å². The lowest BCUT2D eigenvalue weighted by atomic mass is 10.0. The minimum Gasteiger partial charge on any atom is -0.328 e. The lowest BCUT2D eigenvalue weighted by molar-refractivity contribution is 0.412. The van der Waals surface area contributed by atoms with Crippen molar-refractivity contribution in [3.8, 4) is 0 Å². The van der Waals surface area contributed by atoms with Gasteiger partial charge in [-0.05, 0) is 39.1 Å². The SMILES string of the molecule is CNC(C)(C)c1cncn1Cc1cc(F)ccc1F. The molecule has 0 aliphatic carbocycles. The van der Waals surface area contributed by atoms with E-state index in [4.69, 9.17) is 0 Å². The van der Waals surface area contributed by atoms with Gasteiger partial charge in [0, 0.05) is 5.56 Å². The van der Waals surface area contributed by atoms with E-state index in [1.165, 1.54) is 6.07 Å². The standard InChI is InChI=1S/C14H17F2N3/c1-14(2,17-3)13-7-18-9-19(13)8-10-6-11(15)4-5-12(10)16/h4-7,9,17H,8H2,1-3H3. The minimum atomic E-state index is -0.439. The van der Waals surface area contributed by atoms with Crippen molar-refractivity contribution in [3.63, 3.8) is 0 Å². The summed E-state index contributed by atoms with van der Waals surface area (Å²) in [5.74, 6) is -0.853. The van der Waals surface area contributed by atoms with Gasteiger partial charge in [-0.25, -0.2) is 13.8 Å². The number of nitrogens with one attached hydrogen (secondary N) is 1. The average molecular weight is 265 g/mol. The van der Waals surface area contributed by atoms with Crippen molar-refractivity contribution in [1.29, 1.82) is 0 Å². The van der Waals surface area contributed by atoms with Gasteiger partial charge in [0.15, 0.2) is 0 Å². The summed E-state index contributed by atoms with van der Waals surface area (Å²) in [5, 5.41) is 3.17. The summed E-state index contributed by atoms with van der Waals surface area (Å²) in [7, 11) is 1.85. The van der Waals surface area contributed by atoms with E-state index in [-0.39, 0.29) is 12.1 Å². The second-order valence-electron chi connectivity index (χ2n) is 5.02. The van der Waals surface area contributed by atoms with E-state index in [0.717, 1.165) is 17.8 Å². The fourth-order valence-corrected chi connectivity index (χ4v) is 1.94. The molecule has 0 aliphatic heterocycles. The second-order valence-corrected chi connectivity index (χ2v) is 5.02. The molecule has 1 aromatic carbocycles. The van der Waals surface area contributed by atoms with Crippen molar-refractivity contribution in [2.24, 2.45) is 0 Å². The van der Waals surface area contributed by atoms with Crippen LogP contribution in [0.1, 0.15) is 25.1 Å². The predicted molar refractivity (Wildman–Crippen MR) is 69.8 cm³/mol. The van der Waals surface area contributed by atoms with Crippen LogP contribution >= 0.6 is 0 Å². The molecule has 5 heteroatoms. The Morgan fingerprint density at radius 3 is 2.74 bits per heavy atom. The Hall–Kier alpha value is -1.75. The largest absolute Gasteiger partial charge is 0.328 e. The third kappa shape index (κ3) is 2.81. The van der Waals surface area contributed by atoms with Gasteiger partial charge in [-0.3, -0.25) is 0 Å². The molecule has 19 heavy (non-hydrogen) atoms. The molecule has 3 nitrogen and oxygen atoms in total. The molecule has 0 radical (unpaired) electrons. The van der Waals surface area contributed by atoms with Crippen molar-refractivity contribution >= 4 is 0 Å². The molecule has 0 fully saturated rings. The van der Waals surface area contributed by atoms with E-state index in [1.54, 1.807) is 12.5 Å². The monoisotopic (exact) mass is 265 g/mol. The average Bonchev–Trinajstić information content (AvgIpc) is 2.83. The number of nitrogens with zero attached hydrogens (tertiary/aromatic N) is 2. The van der Waals surface area contributed by atoms with Crippen LogP contribution in [0.2, 0.25) is 0 Å². The third-order valence-corrected chi connectivity index (χ3v) is 3.33. The fraction of sp³-hybridized carbons (Fsp3) is 0.357. The predicted octanol–water partition coefficient (Wildman–Crippen LogP) is 2.66. The molecule has 1 N–H and O–H groups in total. The summed E-state index contributed by atoms with van der Waals surface area (Å²) in [6, 6.07) is 3.47. The molecule has 0 saturated carbocycles. The van der Waals surface area contributed by atoms with Crippen molar-refractivity contribution in [2.45, 2.75) is 25.9 Å². The van der Waals surface area contributed by atoms with E-state index in [2.05, 4.69) is 10.3 Å². The van der Waals surface area contributed by atoms with E-state index in [1.807, 2.05) is 25.5 Å². The van der Waals surface area contributed by atoms with Gasteiger partial charge < -0.3 is 9.88 Å². The van der Waals surface area contributed by atoms with Crippen LogP contribution in [0.25, 0.3) is 0 Å². The Kier molecular flexibility index (Phi) is 3.66. The first-order valence-corrected chi connectivity index (χ1v) is 6.07. The summed E-state index contributed by atoms with van der Waals surface area (Å²) in [4.78, 5) is 4.09. The van der Waals surface area contributed by atoms with Gasteiger partial charge in [0.2, 0.25) is 0 Å². The molecule has 1 heterocycles. The van der Waals surface area contributed by atoms with Gasteiger partial charge in [0.25, 0.3) is 0 Å². The van der Waals surface area contributed by atoms with E-state index >= 15 is 0 Å². The van der Waals surface area contributed by atoms with Crippen molar-refractivity contribution in [3.05, 3.63) is 53.6 Å². The highest BCUT2D eigenvalue weighted by atomic mass is 19.1. The molecule has 0 aliphatic rings. The number of halogens is 2. The fourth-order valence-electron chi connectivity index (χ4n) is 1.94. The van der Waals surface area contributed by atoms with Crippen LogP contribution in [0.5, 0.6) is 0 Å². The van der Waals surface area contributed by atoms with Gasteiger partial charge in [0.1, 0.15) is 11.6 Å². The molecule has 0 unspecified atom stereocenters. The number of rotatable bonds is 4. The summed E-state index contributed by atoms with van der Waals surface area (Å²) < 4.78 is 28.6. The van der Waals surface area contributed by atoms with E-state index in [0.29, 0.717) is 5.56 Å². The summed E-state index contributed by atoms with van der Waals surface area (Å²) >= 11 is 0. The molecule has 0 saturated heterocycles. The van der Waals surface area contributed by atoms with E-state index < -0.39 is 11.6 Å².